The van der Waals surface area contributed by atoms with Gasteiger partial charge in [0.25, 0.3) is 0 Å². The molecule has 0 aliphatic carbocycles. The third kappa shape index (κ3) is 63.2. The highest BCUT2D eigenvalue weighted by atomic mass is 31.2. The van der Waals surface area contributed by atoms with Crippen molar-refractivity contribution in [2.75, 3.05) is 39.6 Å². The molecule has 19 heteroatoms. The maximum atomic E-state index is 13.0. The molecule has 3 unspecified atom stereocenters. The zero-order valence-corrected chi connectivity index (χ0v) is 59.4. The normalized spacial score (nSPS) is 14.4. The smallest absolute Gasteiger partial charge is 0.462 e. The molecule has 6 atom stereocenters. The van der Waals surface area contributed by atoms with Crippen molar-refractivity contribution in [1.82, 2.24) is 0 Å². The van der Waals surface area contributed by atoms with Gasteiger partial charge in [0.05, 0.1) is 26.4 Å². The average Bonchev–Trinajstić information content (AvgIpc) is 3.66. The van der Waals surface area contributed by atoms with Crippen molar-refractivity contribution in [1.29, 1.82) is 0 Å². The molecule has 3 N–H and O–H groups in total. The van der Waals surface area contributed by atoms with Gasteiger partial charge in [-0.05, 0) is 31.6 Å². The minimum Gasteiger partial charge on any atom is -0.462 e. The van der Waals surface area contributed by atoms with Crippen LogP contribution in [0.5, 0.6) is 0 Å². The lowest BCUT2D eigenvalue weighted by Gasteiger charge is -2.21. The van der Waals surface area contributed by atoms with E-state index >= 15 is 0 Å². The molecule has 0 amide bonds. The van der Waals surface area contributed by atoms with Crippen LogP contribution >= 0.6 is 15.6 Å². The first-order valence-corrected chi connectivity index (χ1v) is 39.7. The number of ether oxygens (including phenoxy) is 4. The number of unbranched alkanes of at least 4 members (excludes halogenated alkanes) is 41. The number of phosphoric acid groups is 2. The van der Waals surface area contributed by atoms with Crippen LogP contribution in [0, 0.1) is 5.92 Å². The number of phosphoric ester groups is 2. The fourth-order valence-corrected chi connectivity index (χ4v) is 12.2. The van der Waals surface area contributed by atoms with Gasteiger partial charge in [-0.3, -0.25) is 37.3 Å². The Kier molecular flexibility index (Phi) is 62.1. The highest BCUT2D eigenvalue weighted by molar-refractivity contribution is 7.47. The Hall–Kier alpha value is -1.94. The molecule has 89 heavy (non-hydrogen) atoms. The van der Waals surface area contributed by atoms with Gasteiger partial charge in [0.2, 0.25) is 0 Å². The van der Waals surface area contributed by atoms with Crippen molar-refractivity contribution >= 4 is 39.5 Å². The number of aliphatic hydroxyl groups is 1. The second-order valence-electron chi connectivity index (χ2n) is 25.5. The summed E-state index contributed by atoms with van der Waals surface area (Å²) < 4.78 is 68.3. The molecule has 0 aromatic carbocycles. The van der Waals surface area contributed by atoms with E-state index in [-0.39, 0.29) is 25.7 Å². The van der Waals surface area contributed by atoms with Gasteiger partial charge < -0.3 is 33.8 Å². The topological polar surface area (TPSA) is 237 Å². The van der Waals surface area contributed by atoms with Crippen LogP contribution in [0.4, 0.5) is 0 Å². The quantitative estimate of drug-likeness (QED) is 0.0222. The first-order valence-electron chi connectivity index (χ1n) is 36.7. The summed E-state index contributed by atoms with van der Waals surface area (Å²) in [7, 11) is -9.90. The number of hydrogen-bond acceptors (Lipinski definition) is 15. The zero-order chi connectivity index (χ0) is 65.6. The maximum Gasteiger partial charge on any atom is 0.472 e. The first-order chi connectivity index (χ1) is 43.1. The summed E-state index contributed by atoms with van der Waals surface area (Å²) in [4.78, 5) is 72.5. The molecule has 0 aromatic heterocycles. The highest BCUT2D eigenvalue weighted by Gasteiger charge is 2.30. The molecule has 0 heterocycles. The highest BCUT2D eigenvalue weighted by Crippen LogP contribution is 2.45. The zero-order valence-electron chi connectivity index (χ0n) is 57.6. The van der Waals surface area contributed by atoms with E-state index in [4.69, 9.17) is 37.0 Å². The summed E-state index contributed by atoms with van der Waals surface area (Å²) in [6.07, 6.45) is 49.8. The number of rotatable bonds is 70. The number of esters is 4. The largest absolute Gasteiger partial charge is 0.472 e. The van der Waals surface area contributed by atoms with Gasteiger partial charge in [-0.25, -0.2) is 9.13 Å². The monoisotopic (exact) mass is 1310 g/mol. The summed E-state index contributed by atoms with van der Waals surface area (Å²) in [6, 6.07) is 0. The molecule has 0 radical (unpaired) electrons. The molecule has 0 rings (SSSR count). The summed E-state index contributed by atoms with van der Waals surface area (Å²) in [5.74, 6) is -1.39. The minimum absolute atomic E-state index is 0.107. The molecule has 0 aromatic rings. The molecule has 528 valence electrons. The van der Waals surface area contributed by atoms with Crippen molar-refractivity contribution < 1.29 is 80.2 Å². The Bertz CT molecular complexity index is 1720. The molecule has 17 nitrogen and oxygen atoms in total. The lowest BCUT2D eigenvalue weighted by molar-refractivity contribution is -0.161. The van der Waals surface area contributed by atoms with Crippen molar-refractivity contribution in [3.05, 3.63) is 0 Å². The predicted octanol–water partition coefficient (Wildman–Crippen LogP) is 20.1. The Morgan fingerprint density at radius 3 is 0.798 bits per heavy atom. The van der Waals surface area contributed by atoms with Crippen LogP contribution < -0.4 is 0 Å². The SMILES string of the molecule is CCCCCCCCCCCCCCCCC(=O)O[C@H](COC(=O)CCCCCCCCCCCCCCC)COP(=O)(O)OC[C@@H](O)COP(=O)(O)OC[C@@H](COC(=O)CCCCCCCCC(C)CC)OC(=O)CCCCCCCCCCCCCC. The van der Waals surface area contributed by atoms with Gasteiger partial charge >= 0.3 is 39.5 Å². The predicted molar refractivity (Wildman–Crippen MR) is 358 cm³/mol. The van der Waals surface area contributed by atoms with E-state index in [2.05, 4.69) is 34.6 Å². The third-order valence-electron chi connectivity index (χ3n) is 16.6. The van der Waals surface area contributed by atoms with E-state index in [0.717, 1.165) is 102 Å². The van der Waals surface area contributed by atoms with Gasteiger partial charge in [0.1, 0.15) is 19.3 Å². The number of aliphatic hydroxyl groups excluding tert-OH is 1. The van der Waals surface area contributed by atoms with Crippen molar-refractivity contribution in [3.8, 4) is 0 Å². The molecule has 0 aliphatic rings. The van der Waals surface area contributed by atoms with Crippen LogP contribution in [0.15, 0.2) is 0 Å². The van der Waals surface area contributed by atoms with E-state index in [0.29, 0.717) is 25.7 Å². The Morgan fingerprint density at radius 1 is 0.315 bits per heavy atom. The van der Waals surface area contributed by atoms with Crippen LogP contribution in [0.3, 0.4) is 0 Å². The number of hydrogen-bond donors (Lipinski definition) is 3. The molecule has 0 bridgehead atoms. The van der Waals surface area contributed by atoms with E-state index in [1.807, 2.05) is 0 Å². The molecular formula is C70H136O17P2. The van der Waals surface area contributed by atoms with Crippen molar-refractivity contribution in [2.45, 2.75) is 380 Å². The molecule has 0 saturated carbocycles. The summed E-state index contributed by atoms with van der Waals surface area (Å²) in [5.41, 5.74) is 0. The first kappa shape index (κ1) is 87.1. The number of carbonyl (C=O) groups excluding carboxylic acids is 4. The lowest BCUT2D eigenvalue weighted by Crippen LogP contribution is -2.30. The fraction of sp³-hybridized carbons (Fsp3) is 0.943. The summed E-state index contributed by atoms with van der Waals surface area (Å²) in [6.45, 7) is 7.21. The van der Waals surface area contributed by atoms with E-state index in [1.165, 1.54) is 180 Å². The van der Waals surface area contributed by atoms with Gasteiger partial charge in [-0.2, -0.15) is 0 Å². The van der Waals surface area contributed by atoms with Crippen LogP contribution in [0.2, 0.25) is 0 Å². The van der Waals surface area contributed by atoms with Crippen LogP contribution in [-0.2, 0) is 65.4 Å². The van der Waals surface area contributed by atoms with Crippen molar-refractivity contribution in [2.24, 2.45) is 5.92 Å². The molecule has 0 aliphatic heterocycles. The van der Waals surface area contributed by atoms with Gasteiger partial charge in [-0.1, -0.05) is 311 Å². The van der Waals surface area contributed by atoms with Crippen LogP contribution in [0.1, 0.15) is 362 Å². The lowest BCUT2D eigenvalue weighted by atomic mass is 10.00. The molecular weight excluding hydrogens is 1170 g/mol. The fourth-order valence-electron chi connectivity index (χ4n) is 10.6. The van der Waals surface area contributed by atoms with Gasteiger partial charge in [-0.15, -0.1) is 0 Å². The van der Waals surface area contributed by atoms with Gasteiger partial charge in [0, 0.05) is 25.7 Å². The van der Waals surface area contributed by atoms with Crippen LogP contribution in [-0.4, -0.2) is 96.7 Å². The van der Waals surface area contributed by atoms with Gasteiger partial charge in [0.15, 0.2) is 12.2 Å². The van der Waals surface area contributed by atoms with E-state index in [1.54, 1.807) is 0 Å². The molecule has 0 saturated heterocycles. The standard InChI is InChI=1S/C70H136O17P2/c1-6-10-13-16-19-22-25-28-30-33-36-39-46-51-56-70(75)86-65(59-80-67(72)53-48-43-37-34-32-29-26-23-20-17-14-11-7-2)61-84-88(76,77)82-57-64(71)58-83-89(78,79)85-62-66(60-81-68(73)54-49-44-41-40-42-47-52-63(5)9-4)87-69(74)55-50-45-38-35-31-27-24-21-18-15-12-8-3/h63-66,71H,6-62H2,1-5H3,(H,76,77)(H,78,79)/t63?,64-,65-,66-/m1/s1. The summed E-state index contributed by atoms with van der Waals surface area (Å²) in [5, 5.41) is 10.6. The van der Waals surface area contributed by atoms with E-state index in [9.17, 15) is 43.2 Å². The second-order valence-corrected chi connectivity index (χ2v) is 28.4. The molecule has 0 fully saturated rings. The average molecular weight is 1310 g/mol. The number of carbonyl (C=O) groups is 4. The Morgan fingerprint density at radius 2 is 0.539 bits per heavy atom. The maximum absolute atomic E-state index is 13.0. The third-order valence-corrected chi connectivity index (χ3v) is 18.5. The second kappa shape index (κ2) is 63.5. The van der Waals surface area contributed by atoms with E-state index < -0.39 is 97.5 Å². The van der Waals surface area contributed by atoms with Crippen molar-refractivity contribution in [3.63, 3.8) is 0 Å². The minimum atomic E-state index is -4.95. The van der Waals surface area contributed by atoms with Crippen LogP contribution in [0.25, 0.3) is 0 Å². The summed E-state index contributed by atoms with van der Waals surface area (Å²) >= 11 is 0. The molecule has 0 spiro atoms. The Balaban J connectivity index is 5.25. The Labute approximate surface area is 543 Å².